The van der Waals surface area contributed by atoms with Gasteiger partial charge in [0, 0.05) is 12.5 Å². The summed E-state index contributed by atoms with van der Waals surface area (Å²) in [6, 6.07) is 3.47. The number of rotatable bonds is 3. The highest BCUT2D eigenvalue weighted by Crippen LogP contribution is 2.43. The third-order valence-electron chi connectivity index (χ3n) is 4.39. The van der Waals surface area contributed by atoms with Gasteiger partial charge in [-0.1, -0.05) is 6.07 Å². The lowest BCUT2D eigenvalue weighted by atomic mass is 9.99. The number of nitrogens with one attached hydrogen (secondary N) is 3. The average molecular weight is 379 g/mol. The van der Waals surface area contributed by atoms with Crippen molar-refractivity contribution < 1.29 is 9.18 Å². The Balaban J connectivity index is 1.59. The first-order valence-electron chi connectivity index (χ1n) is 7.71. The predicted molar refractivity (Wildman–Crippen MR) is 88.0 cm³/mol. The molecule has 0 atom stereocenters. The third-order valence-corrected chi connectivity index (χ3v) is 5.19. The van der Waals surface area contributed by atoms with Crippen molar-refractivity contribution in [3.63, 3.8) is 0 Å². The van der Waals surface area contributed by atoms with E-state index >= 15 is 0 Å². The first-order chi connectivity index (χ1) is 11.1. The van der Waals surface area contributed by atoms with E-state index in [0.717, 1.165) is 30.6 Å². The summed E-state index contributed by atoms with van der Waals surface area (Å²) in [6.45, 7) is 1.41. The molecule has 0 bridgehead atoms. The van der Waals surface area contributed by atoms with E-state index in [-0.39, 0.29) is 17.2 Å². The van der Waals surface area contributed by atoms with Crippen molar-refractivity contribution in [3.05, 3.63) is 44.9 Å². The van der Waals surface area contributed by atoms with Crippen molar-refractivity contribution in [1.29, 1.82) is 0 Å². The number of amides is 1. The maximum Gasteiger partial charge on any atom is 0.277 e. The summed E-state index contributed by atoms with van der Waals surface area (Å²) in [7, 11) is 0. The molecule has 0 radical (unpaired) electrons. The molecule has 23 heavy (non-hydrogen) atoms. The number of hydrogen-bond acceptors (Lipinski definition) is 3. The van der Waals surface area contributed by atoms with Crippen molar-refractivity contribution in [2.45, 2.75) is 31.7 Å². The zero-order chi connectivity index (χ0) is 16.0. The fourth-order valence-electron chi connectivity index (χ4n) is 2.95. The average Bonchev–Trinajstić information content (AvgIpc) is 3.33. The molecule has 1 aliphatic carbocycles. The Kier molecular flexibility index (Phi) is 3.69. The molecule has 3 N–H and O–H groups in total. The predicted octanol–water partition coefficient (Wildman–Crippen LogP) is 3.09. The molecule has 2 heterocycles. The lowest BCUT2D eigenvalue weighted by molar-refractivity contribution is 0.102. The second kappa shape index (κ2) is 5.72. The molecular formula is C16H16BrFN4O. The van der Waals surface area contributed by atoms with E-state index < -0.39 is 5.91 Å². The van der Waals surface area contributed by atoms with Crippen LogP contribution in [0, 0.1) is 5.82 Å². The van der Waals surface area contributed by atoms with E-state index in [9.17, 15) is 9.18 Å². The molecule has 0 spiro atoms. The van der Waals surface area contributed by atoms with E-state index in [1.165, 1.54) is 0 Å². The van der Waals surface area contributed by atoms with Gasteiger partial charge in [-0.2, -0.15) is 5.10 Å². The zero-order valence-corrected chi connectivity index (χ0v) is 14.0. The molecule has 2 aliphatic rings. The van der Waals surface area contributed by atoms with Crippen molar-refractivity contribution in [2.24, 2.45) is 0 Å². The molecule has 0 saturated heterocycles. The number of carbonyl (C=O) groups is 1. The number of H-pyrrole nitrogens is 1. The highest BCUT2D eigenvalue weighted by atomic mass is 79.9. The summed E-state index contributed by atoms with van der Waals surface area (Å²) in [5.74, 6) is -0.300. The number of benzene rings is 1. The summed E-state index contributed by atoms with van der Waals surface area (Å²) in [6.07, 6.45) is 2.84. The summed E-state index contributed by atoms with van der Waals surface area (Å²) in [5.41, 5.74) is 3.06. The molecular weight excluding hydrogens is 363 g/mol. The number of aromatic amines is 1. The number of carbonyl (C=O) groups excluding carboxylic acids is 1. The number of nitrogens with zero attached hydrogens (tertiary/aromatic N) is 1. The molecule has 1 fully saturated rings. The van der Waals surface area contributed by atoms with Crippen molar-refractivity contribution >= 4 is 27.5 Å². The van der Waals surface area contributed by atoms with E-state index in [1.54, 1.807) is 6.07 Å². The molecule has 4 rings (SSSR count). The van der Waals surface area contributed by atoms with Gasteiger partial charge in [0.1, 0.15) is 5.82 Å². The number of halogens is 2. The Labute approximate surface area is 141 Å². The van der Waals surface area contributed by atoms with Crippen LogP contribution in [0.5, 0.6) is 0 Å². The van der Waals surface area contributed by atoms with E-state index in [1.807, 2.05) is 6.07 Å². The van der Waals surface area contributed by atoms with Gasteiger partial charge in [-0.25, -0.2) is 4.39 Å². The van der Waals surface area contributed by atoms with Crippen LogP contribution in [-0.4, -0.2) is 22.6 Å². The molecule has 1 aromatic heterocycles. The summed E-state index contributed by atoms with van der Waals surface area (Å²) in [4.78, 5) is 12.4. The first-order valence-corrected chi connectivity index (χ1v) is 8.50. The number of aromatic nitrogens is 2. The maximum atomic E-state index is 14.6. The lowest BCUT2D eigenvalue weighted by Gasteiger charge is -2.19. The molecule has 120 valence electrons. The minimum Gasteiger partial charge on any atom is -0.318 e. The van der Waals surface area contributed by atoms with Gasteiger partial charge in [-0.3, -0.25) is 9.89 Å². The smallest absolute Gasteiger partial charge is 0.277 e. The van der Waals surface area contributed by atoms with Crippen LogP contribution in [0.2, 0.25) is 0 Å². The second-order valence-electron chi connectivity index (χ2n) is 6.02. The highest BCUT2D eigenvalue weighted by molar-refractivity contribution is 9.10. The van der Waals surface area contributed by atoms with Crippen LogP contribution >= 0.6 is 15.9 Å². The van der Waals surface area contributed by atoms with Gasteiger partial charge in [0.15, 0.2) is 5.69 Å². The van der Waals surface area contributed by atoms with Gasteiger partial charge in [0.2, 0.25) is 0 Å². The summed E-state index contributed by atoms with van der Waals surface area (Å²) < 4.78 is 15.3. The molecule has 1 amide bonds. The Morgan fingerprint density at radius 1 is 1.39 bits per heavy atom. The maximum absolute atomic E-state index is 14.6. The molecule has 1 saturated carbocycles. The minimum atomic E-state index is -0.409. The van der Waals surface area contributed by atoms with Gasteiger partial charge >= 0.3 is 0 Å². The van der Waals surface area contributed by atoms with Gasteiger partial charge in [-0.15, -0.1) is 0 Å². The number of fused-ring (bicyclic) bond motifs is 1. The monoisotopic (exact) mass is 378 g/mol. The fourth-order valence-corrected chi connectivity index (χ4v) is 3.63. The first kappa shape index (κ1) is 14.8. The molecule has 2 aromatic rings. The van der Waals surface area contributed by atoms with Gasteiger partial charge in [0.05, 0.1) is 15.9 Å². The van der Waals surface area contributed by atoms with Crippen LogP contribution in [0.1, 0.15) is 46.1 Å². The van der Waals surface area contributed by atoms with Crippen molar-refractivity contribution in [2.75, 3.05) is 11.9 Å². The Morgan fingerprint density at radius 3 is 3.00 bits per heavy atom. The van der Waals surface area contributed by atoms with E-state index in [0.29, 0.717) is 28.9 Å². The highest BCUT2D eigenvalue weighted by Gasteiger charge is 2.30. The van der Waals surface area contributed by atoms with Crippen molar-refractivity contribution in [1.82, 2.24) is 15.5 Å². The molecule has 7 heteroatoms. The molecule has 5 nitrogen and oxygen atoms in total. The quantitative estimate of drug-likeness (QED) is 0.768. The summed E-state index contributed by atoms with van der Waals surface area (Å²) >= 11 is 3.43. The van der Waals surface area contributed by atoms with Crippen LogP contribution in [-0.2, 0) is 13.0 Å². The van der Waals surface area contributed by atoms with Crippen LogP contribution in [0.4, 0.5) is 10.1 Å². The number of hydrogen-bond donors (Lipinski definition) is 3. The Bertz CT molecular complexity index is 785. The van der Waals surface area contributed by atoms with Gasteiger partial charge in [-0.05, 0) is 58.9 Å². The Morgan fingerprint density at radius 2 is 2.22 bits per heavy atom. The van der Waals surface area contributed by atoms with E-state index in [4.69, 9.17) is 0 Å². The molecule has 1 aliphatic heterocycles. The van der Waals surface area contributed by atoms with Gasteiger partial charge in [0.25, 0.3) is 5.91 Å². The topological polar surface area (TPSA) is 69.8 Å². The largest absolute Gasteiger partial charge is 0.318 e. The lowest BCUT2D eigenvalue weighted by Crippen LogP contribution is -2.25. The fraction of sp³-hybridized carbons (Fsp3) is 0.375. The zero-order valence-electron chi connectivity index (χ0n) is 12.4. The standard InChI is InChI=1S/C16H16BrFN4O/c17-12-14(8-1-2-8)21-22-15(12)16(23)20-11-4-3-9-7-19-6-5-10(9)13(11)18/h3-4,8,19H,1-2,5-7H2,(H,20,23)(H,21,22). The number of anilines is 1. The van der Waals surface area contributed by atoms with Crippen LogP contribution < -0.4 is 10.6 Å². The Hall–Kier alpha value is -1.73. The van der Waals surface area contributed by atoms with Crippen LogP contribution in [0.15, 0.2) is 16.6 Å². The normalized spacial score (nSPS) is 17.0. The van der Waals surface area contributed by atoms with E-state index in [2.05, 4.69) is 36.8 Å². The second-order valence-corrected chi connectivity index (χ2v) is 6.81. The SMILES string of the molecule is O=C(Nc1ccc2c(c1F)CCNC2)c1n[nH]c(C2CC2)c1Br. The van der Waals surface area contributed by atoms with Gasteiger partial charge < -0.3 is 10.6 Å². The minimum absolute atomic E-state index is 0.207. The third kappa shape index (κ3) is 2.68. The van der Waals surface area contributed by atoms with Crippen LogP contribution in [0.3, 0.4) is 0 Å². The van der Waals surface area contributed by atoms with Crippen molar-refractivity contribution in [3.8, 4) is 0 Å². The molecule has 1 aromatic carbocycles. The summed E-state index contributed by atoms with van der Waals surface area (Å²) in [5, 5.41) is 12.8. The van der Waals surface area contributed by atoms with Crippen LogP contribution in [0.25, 0.3) is 0 Å². The molecule has 0 unspecified atom stereocenters.